The molecule has 6 nitrogen and oxygen atoms in total. The maximum absolute atomic E-state index is 11.4. The quantitative estimate of drug-likeness (QED) is 0.652. The van der Waals surface area contributed by atoms with Gasteiger partial charge in [0.2, 0.25) is 5.56 Å². The van der Waals surface area contributed by atoms with Crippen LogP contribution in [0.5, 0.6) is 0 Å². The van der Waals surface area contributed by atoms with Gasteiger partial charge >= 0.3 is 0 Å². The third kappa shape index (κ3) is 2.62. The number of aliphatic hydroxyl groups is 2. The molecule has 1 aromatic rings. The van der Waals surface area contributed by atoms with Crippen LogP contribution >= 0.6 is 0 Å². The number of ether oxygens (including phenoxy) is 2. The van der Waals surface area contributed by atoms with Gasteiger partial charge in [-0.15, -0.1) is 0 Å². The maximum atomic E-state index is 11.4. The summed E-state index contributed by atoms with van der Waals surface area (Å²) in [5.41, 5.74) is 0.788. The summed E-state index contributed by atoms with van der Waals surface area (Å²) in [7, 11) is 1.46. The van der Waals surface area contributed by atoms with Crippen molar-refractivity contribution >= 4 is 0 Å². The molecule has 1 aromatic heterocycles. The molecule has 1 saturated heterocycles. The minimum atomic E-state index is -0.940. The van der Waals surface area contributed by atoms with Crippen molar-refractivity contribution in [1.29, 1.82) is 0 Å². The molecule has 1 aliphatic rings. The molecule has 0 aromatic carbocycles. The SMILES string of the molecule is CC#Cc1[nH]c(=O)ccc1[C@@H]1O[C@H](CO)C(O)C1OC. The fraction of sp³-hybridized carbons (Fsp3) is 0.500. The Morgan fingerprint density at radius 1 is 1.50 bits per heavy atom. The Labute approximate surface area is 116 Å². The summed E-state index contributed by atoms with van der Waals surface area (Å²) in [6.45, 7) is 1.35. The average molecular weight is 279 g/mol. The van der Waals surface area contributed by atoms with Crippen LogP contribution < -0.4 is 5.56 Å². The van der Waals surface area contributed by atoms with Crippen molar-refractivity contribution in [3.8, 4) is 11.8 Å². The van der Waals surface area contributed by atoms with E-state index >= 15 is 0 Å². The number of aliphatic hydroxyl groups excluding tert-OH is 2. The smallest absolute Gasteiger partial charge is 0.248 e. The van der Waals surface area contributed by atoms with Gasteiger partial charge in [-0.05, 0) is 18.9 Å². The molecule has 4 atom stereocenters. The largest absolute Gasteiger partial charge is 0.394 e. The van der Waals surface area contributed by atoms with Gasteiger partial charge in [0, 0.05) is 18.7 Å². The predicted octanol–water partition coefficient (Wildman–Crippen LogP) is -0.446. The van der Waals surface area contributed by atoms with Gasteiger partial charge < -0.3 is 24.7 Å². The Morgan fingerprint density at radius 2 is 2.25 bits per heavy atom. The highest BCUT2D eigenvalue weighted by Gasteiger charge is 2.45. The number of H-pyrrole nitrogens is 1. The summed E-state index contributed by atoms with van der Waals surface area (Å²) < 4.78 is 10.9. The standard InChI is InChI=1S/C14H17NO5/c1-3-4-9-8(5-6-11(17)15-9)13-14(19-2)12(18)10(7-16)20-13/h5-6,10,12-14,16,18H,7H2,1-2H3,(H,15,17)/t10-,12?,13+,14?/m1/s1. The second-order valence-electron chi connectivity index (χ2n) is 4.50. The lowest BCUT2D eigenvalue weighted by Gasteiger charge is -2.19. The molecular weight excluding hydrogens is 262 g/mol. The summed E-state index contributed by atoms with van der Waals surface area (Å²) >= 11 is 0. The first-order chi connectivity index (χ1) is 9.62. The van der Waals surface area contributed by atoms with Crippen molar-refractivity contribution in [3.63, 3.8) is 0 Å². The first kappa shape index (κ1) is 14.8. The molecule has 108 valence electrons. The predicted molar refractivity (Wildman–Crippen MR) is 71.1 cm³/mol. The number of methoxy groups -OCH3 is 1. The molecule has 6 heteroatoms. The number of rotatable bonds is 3. The third-order valence-electron chi connectivity index (χ3n) is 3.30. The number of pyridine rings is 1. The van der Waals surface area contributed by atoms with Gasteiger partial charge in [-0.2, -0.15) is 0 Å². The number of nitrogens with one attached hydrogen (secondary N) is 1. The summed E-state index contributed by atoms with van der Waals surface area (Å²) in [6.07, 6.45) is -2.89. The van der Waals surface area contributed by atoms with Crippen molar-refractivity contribution in [2.24, 2.45) is 0 Å². The minimum absolute atomic E-state index is 0.266. The van der Waals surface area contributed by atoms with E-state index in [1.807, 2.05) is 0 Å². The maximum Gasteiger partial charge on any atom is 0.248 e. The van der Waals surface area contributed by atoms with Gasteiger partial charge in [-0.1, -0.05) is 5.92 Å². The van der Waals surface area contributed by atoms with Gasteiger partial charge in [-0.25, -0.2) is 0 Å². The van der Waals surface area contributed by atoms with Crippen LogP contribution in [0.1, 0.15) is 24.3 Å². The van der Waals surface area contributed by atoms with Crippen LogP contribution in [0.25, 0.3) is 0 Å². The Kier molecular flexibility index (Phi) is 4.57. The van der Waals surface area contributed by atoms with E-state index in [4.69, 9.17) is 9.47 Å². The van der Waals surface area contributed by atoms with Crippen LogP contribution in [0.2, 0.25) is 0 Å². The lowest BCUT2D eigenvalue weighted by molar-refractivity contribution is -0.0235. The highest BCUT2D eigenvalue weighted by Crippen LogP contribution is 2.35. The van der Waals surface area contributed by atoms with E-state index in [1.54, 1.807) is 13.0 Å². The Morgan fingerprint density at radius 3 is 2.85 bits per heavy atom. The molecule has 1 fully saturated rings. The first-order valence-corrected chi connectivity index (χ1v) is 6.25. The van der Waals surface area contributed by atoms with E-state index in [-0.39, 0.29) is 12.2 Å². The Hall–Kier alpha value is -1.65. The highest BCUT2D eigenvalue weighted by molar-refractivity contribution is 5.37. The van der Waals surface area contributed by atoms with Crippen LogP contribution in [0.3, 0.4) is 0 Å². The fourth-order valence-electron chi connectivity index (χ4n) is 2.35. The summed E-state index contributed by atoms with van der Waals surface area (Å²) in [5, 5.41) is 19.2. The average Bonchev–Trinajstić information content (AvgIpc) is 2.75. The summed E-state index contributed by atoms with van der Waals surface area (Å²) in [5.74, 6) is 5.52. The second-order valence-corrected chi connectivity index (χ2v) is 4.50. The molecule has 0 bridgehead atoms. The zero-order valence-corrected chi connectivity index (χ0v) is 11.3. The number of aromatic amines is 1. The molecular formula is C14H17NO5. The van der Waals surface area contributed by atoms with Crippen molar-refractivity contribution < 1.29 is 19.7 Å². The van der Waals surface area contributed by atoms with E-state index in [9.17, 15) is 15.0 Å². The van der Waals surface area contributed by atoms with Crippen LogP contribution in [0.15, 0.2) is 16.9 Å². The molecule has 0 radical (unpaired) electrons. The molecule has 20 heavy (non-hydrogen) atoms. The third-order valence-corrected chi connectivity index (χ3v) is 3.30. The zero-order valence-electron chi connectivity index (χ0n) is 11.3. The van der Waals surface area contributed by atoms with Crippen LogP contribution in [-0.2, 0) is 9.47 Å². The molecule has 0 saturated carbocycles. The molecule has 2 rings (SSSR count). The molecule has 1 aliphatic heterocycles. The van der Waals surface area contributed by atoms with E-state index in [2.05, 4.69) is 16.8 Å². The van der Waals surface area contributed by atoms with E-state index in [0.29, 0.717) is 11.3 Å². The van der Waals surface area contributed by atoms with Crippen LogP contribution in [0, 0.1) is 11.8 Å². The Balaban J connectivity index is 2.44. The summed E-state index contributed by atoms with van der Waals surface area (Å²) in [6, 6.07) is 2.96. The van der Waals surface area contributed by atoms with Gasteiger partial charge in [0.05, 0.1) is 12.3 Å². The van der Waals surface area contributed by atoms with Gasteiger partial charge in [0.15, 0.2) is 0 Å². The lowest BCUT2D eigenvalue weighted by atomic mass is 10.00. The Bertz CT molecular complexity index is 585. The normalized spacial score (nSPS) is 29.0. The van der Waals surface area contributed by atoms with Crippen LogP contribution in [0.4, 0.5) is 0 Å². The monoisotopic (exact) mass is 279 g/mol. The van der Waals surface area contributed by atoms with Gasteiger partial charge in [0.1, 0.15) is 24.4 Å². The van der Waals surface area contributed by atoms with Crippen molar-refractivity contribution in [1.82, 2.24) is 4.98 Å². The fourth-order valence-corrected chi connectivity index (χ4v) is 2.35. The number of hydrogen-bond donors (Lipinski definition) is 3. The van der Waals surface area contributed by atoms with E-state index < -0.39 is 24.4 Å². The zero-order chi connectivity index (χ0) is 14.7. The van der Waals surface area contributed by atoms with Crippen molar-refractivity contribution in [2.75, 3.05) is 13.7 Å². The second kappa shape index (κ2) is 6.20. The van der Waals surface area contributed by atoms with E-state index in [0.717, 1.165) is 0 Å². The van der Waals surface area contributed by atoms with Crippen LogP contribution in [-0.4, -0.2) is 47.2 Å². The first-order valence-electron chi connectivity index (χ1n) is 6.25. The van der Waals surface area contributed by atoms with Crippen molar-refractivity contribution in [3.05, 3.63) is 33.7 Å². The molecule has 2 heterocycles. The number of aromatic nitrogens is 1. The molecule has 0 amide bonds. The lowest BCUT2D eigenvalue weighted by Crippen LogP contribution is -2.34. The van der Waals surface area contributed by atoms with Gasteiger partial charge in [0.25, 0.3) is 0 Å². The number of hydrogen-bond acceptors (Lipinski definition) is 5. The molecule has 0 aliphatic carbocycles. The topological polar surface area (TPSA) is 91.8 Å². The molecule has 3 N–H and O–H groups in total. The minimum Gasteiger partial charge on any atom is -0.394 e. The summed E-state index contributed by atoms with van der Waals surface area (Å²) in [4.78, 5) is 14.0. The van der Waals surface area contributed by atoms with Gasteiger partial charge in [-0.3, -0.25) is 4.79 Å². The highest BCUT2D eigenvalue weighted by atomic mass is 16.6. The molecule has 2 unspecified atom stereocenters. The molecule has 0 spiro atoms. The van der Waals surface area contributed by atoms with E-state index in [1.165, 1.54) is 13.2 Å². The van der Waals surface area contributed by atoms with Crippen molar-refractivity contribution in [2.45, 2.75) is 31.3 Å².